The molecule has 1 heterocycles. The first-order chi connectivity index (χ1) is 14.9. The number of hydrogen-bond acceptors (Lipinski definition) is 5. The Balaban J connectivity index is 1.88. The number of carbonyl (C=O) groups excluding carboxylic acids is 1. The zero-order valence-corrected chi connectivity index (χ0v) is 17.2. The number of carbonyl (C=O) groups is 1. The quantitative estimate of drug-likeness (QED) is 0.217. The smallest absolute Gasteiger partial charge is 0.174 e. The second-order valence-electron chi connectivity index (χ2n) is 7.41. The van der Waals surface area contributed by atoms with Crippen molar-refractivity contribution < 1.29 is 14.3 Å². The lowest BCUT2D eigenvalue weighted by Crippen LogP contribution is -2.03. The van der Waals surface area contributed by atoms with Crippen molar-refractivity contribution in [2.75, 3.05) is 11.1 Å². The van der Waals surface area contributed by atoms with Crippen LogP contribution in [0.25, 0.3) is 22.0 Å². The van der Waals surface area contributed by atoms with Crippen LogP contribution in [0.4, 0.5) is 21.5 Å². The molecule has 0 unspecified atom stereocenters. The predicted molar refractivity (Wildman–Crippen MR) is 122 cm³/mol. The summed E-state index contributed by atoms with van der Waals surface area (Å²) in [5.74, 6) is -1.48. The second-order valence-corrected chi connectivity index (χ2v) is 7.41. The van der Waals surface area contributed by atoms with Crippen LogP contribution in [0.5, 0.6) is 5.75 Å². The summed E-state index contributed by atoms with van der Waals surface area (Å²) < 4.78 is 14.0. The topological polar surface area (TPSA) is 88.2 Å². The van der Waals surface area contributed by atoms with E-state index in [1.165, 1.54) is 24.6 Å². The summed E-state index contributed by atoms with van der Waals surface area (Å²) in [6.07, 6.45) is 2.50. The standard InChI is InChI=1S/C25H22FN3O2/c1-3-15-4-7-18(8-5-15)29-24-19-10-16(17-11-21(26)25(31)22(27)12-17)6-9-23(19)28-13-20(24)14(2)30/h4-13,31H,3,27H2,1-2H3,(H,28,29). The molecule has 4 N–H and O–H groups in total. The van der Waals surface area contributed by atoms with E-state index < -0.39 is 11.6 Å². The number of phenols is 1. The number of nitrogens with zero attached hydrogens (tertiary/aromatic N) is 1. The lowest BCUT2D eigenvalue weighted by molar-refractivity contribution is 0.101. The number of nitrogens with two attached hydrogens (primary N) is 1. The highest BCUT2D eigenvalue weighted by Gasteiger charge is 2.15. The lowest BCUT2D eigenvalue weighted by atomic mass is 9.99. The van der Waals surface area contributed by atoms with E-state index in [2.05, 4.69) is 17.2 Å². The van der Waals surface area contributed by atoms with Gasteiger partial charge in [-0.25, -0.2) is 4.39 Å². The molecule has 4 rings (SSSR count). The summed E-state index contributed by atoms with van der Waals surface area (Å²) in [5.41, 5.74) is 10.7. The first kappa shape index (κ1) is 20.3. The molecular formula is C25H22FN3O2. The zero-order chi connectivity index (χ0) is 22.1. The molecule has 3 aromatic carbocycles. The minimum absolute atomic E-state index is 0.0416. The zero-order valence-electron chi connectivity index (χ0n) is 17.2. The molecule has 0 aliphatic heterocycles. The van der Waals surface area contributed by atoms with Crippen LogP contribution in [0.15, 0.2) is 60.8 Å². The molecule has 0 bridgehead atoms. The van der Waals surface area contributed by atoms with Gasteiger partial charge in [0.2, 0.25) is 0 Å². The summed E-state index contributed by atoms with van der Waals surface area (Å²) in [4.78, 5) is 16.7. The van der Waals surface area contributed by atoms with Crippen LogP contribution in [0.2, 0.25) is 0 Å². The van der Waals surface area contributed by atoms with E-state index >= 15 is 0 Å². The fraction of sp³-hybridized carbons (Fsp3) is 0.120. The number of nitrogens with one attached hydrogen (secondary N) is 1. The van der Waals surface area contributed by atoms with E-state index in [-0.39, 0.29) is 11.5 Å². The number of rotatable bonds is 5. The Morgan fingerprint density at radius 2 is 1.84 bits per heavy atom. The highest BCUT2D eigenvalue weighted by molar-refractivity contribution is 6.08. The Bertz CT molecular complexity index is 1280. The Kier molecular flexibility index (Phi) is 5.29. The normalized spacial score (nSPS) is 10.9. The fourth-order valence-corrected chi connectivity index (χ4v) is 3.53. The average Bonchev–Trinajstić information content (AvgIpc) is 2.77. The number of aromatic hydroxyl groups is 1. The number of nitrogen functional groups attached to an aromatic ring is 1. The van der Waals surface area contributed by atoms with Gasteiger partial charge in [-0.3, -0.25) is 9.78 Å². The average molecular weight is 415 g/mol. The summed E-state index contributed by atoms with van der Waals surface area (Å²) >= 11 is 0. The third-order valence-corrected chi connectivity index (χ3v) is 5.31. The Labute approximate surface area is 179 Å². The van der Waals surface area contributed by atoms with Gasteiger partial charge >= 0.3 is 0 Å². The van der Waals surface area contributed by atoms with E-state index in [0.717, 1.165) is 17.5 Å². The fourth-order valence-electron chi connectivity index (χ4n) is 3.53. The predicted octanol–water partition coefficient (Wildman–Crippen LogP) is 5.84. The van der Waals surface area contributed by atoms with Gasteiger partial charge in [0.15, 0.2) is 17.3 Å². The molecule has 0 fully saturated rings. The molecule has 0 saturated heterocycles. The van der Waals surface area contributed by atoms with Crippen molar-refractivity contribution >= 4 is 33.7 Å². The van der Waals surface area contributed by atoms with Gasteiger partial charge in [-0.15, -0.1) is 0 Å². The summed E-state index contributed by atoms with van der Waals surface area (Å²) in [5, 5.41) is 13.7. The van der Waals surface area contributed by atoms with E-state index in [1.54, 1.807) is 18.3 Å². The number of halogens is 1. The summed E-state index contributed by atoms with van der Waals surface area (Å²) in [6, 6.07) is 16.2. The van der Waals surface area contributed by atoms with Crippen LogP contribution in [0.3, 0.4) is 0 Å². The highest BCUT2D eigenvalue weighted by atomic mass is 19.1. The molecule has 1 aromatic heterocycles. The molecule has 0 aliphatic rings. The number of phenolic OH excluding ortho intramolecular Hbond substituents is 1. The number of Topliss-reactive ketones (excluding diaryl/α,β-unsaturated/α-hetero) is 1. The van der Waals surface area contributed by atoms with E-state index in [4.69, 9.17) is 5.73 Å². The van der Waals surface area contributed by atoms with Crippen LogP contribution in [0, 0.1) is 5.82 Å². The van der Waals surface area contributed by atoms with Crippen LogP contribution >= 0.6 is 0 Å². The lowest BCUT2D eigenvalue weighted by Gasteiger charge is -2.15. The number of benzene rings is 3. The van der Waals surface area contributed by atoms with Crippen LogP contribution in [-0.4, -0.2) is 15.9 Å². The second kappa shape index (κ2) is 8.07. The van der Waals surface area contributed by atoms with Gasteiger partial charge in [-0.2, -0.15) is 0 Å². The monoisotopic (exact) mass is 415 g/mol. The Hall–Kier alpha value is -3.93. The minimum Gasteiger partial charge on any atom is -0.503 e. The number of ketones is 1. The van der Waals surface area contributed by atoms with Crippen molar-refractivity contribution in [2.24, 2.45) is 0 Å². The minimum atomic E-state index is -0.792. The Morgan fingerprint density at radius 1 is 1.10 bits per heavy atom. The molecule has 4 aromatic rings. The molecule has 0 atom stereocenters. The summed E-state index contributed by atoms with van der Waals surface area (Å²) in [6.45, 7) is 3.58. The van der Waals surface area contributed by atoms with Crippen LogP contribution < -0.4 is 11.1 Å². The first-order valence-electron chi connectivity index (χ1n) is 9.95. The van der Waals surface area contributed by atoms with E-state index in [1.807, 2.05) is 30.3 Å². The van der Waals surface area contributed by atoms with Crippen molar-refractivity contribution in [1.29, 1.82) is 0 Å². The molecule has 31 heavy (non-hydrogen) atoms. The SMILES string of the molecule is CCc1ccc(Nc2c(C(C)=O)cnc3ccc(-c4cc(N)c(O)c(F)c4)cc23)cc1. The third-order valence-electron chi connectivity index (χ3n) is 5.31. The number of hydrogen-bond donors (Lipinski definition) is 3. The molecule has 156 valence electrons. The third kappa shape index (κ3) is 3.92. The van der Waals surface area contributed by atoms with Gasteiger partial charge in [-0.05, 0) is 66.4 Å². The molecule has 0 spiro atoms. The number of pyridine rings is 1. The van der Waals surface area contributed by atoms with Gasteiger partial charge in [0, 0.05) is 17.3 Å². The number of aryl methyl sites for hydroxylation is 1. The van der Waals surface area contributed by atoms with Crippen LogP contribution in [0.1, 0.15) is 29.8 Å². The van der Waals surface area contributed by atoms with Gasteiger partial charge < -0.3 is 16.2 Å². The van der Waals surface area contributed by atoms with Crippen molar-refractivity contribution in [2.45, 2.75) is 20.3 Å². The molecule has 0 radical (unpaired) electrons. The van der Waals surface area contributed by atoms with E-state index in [9.17, 15) is 14.3 Å². The number of fused-ring (bicyclic) bond motifs is 1. The maximum absolute atomic E-state index is 14.0. The maximum Gasteiger partial charge on any atom is 0.174 e. The van der Waals surface area contributed by atoms with Gasteiger partial charge in [-0.1, -0.05) is 25.1 Å². The molecule has 0 aliphatic carbocycles. The largest absolute Gasteiger partial charge is 0.503 e. The molecule has 0 amide bonds. The van der Waals surface area contributed by atoms with Gasteiger partial charge in [0.25, 0.3) is 0 Å². The molecule has 0 saturated carbocycles. The molecular weight excluding hydrogens is 393 g/mol. The number of aromatic nitrogens is 1. The molecule has 5 nitrogen and oxygen atoms in total. The van der Waals surface area contributed by atoms with E-state index in [0.29, 0.717) is 27.9 Å². The summed E-state index contributed by atoms with van der Waals surface area (Å²) in [7, 11) is 0. The number of anilines is 3. The van der Waals surface area contributed by atoms with Gasteiger partial charge in [0.1, 0.15) is 0 Å². The van der Waals surface area contributed by atoms with Crippen LogP contribution in [-0.2, 0) is 6.42 Å². The van der Waals surface area contributed by atoms with Crippen molar-refractivity contribution in [3.05, 3.63) is 77.7 Å². The van der Waals surface area contributed by atoms with Crippen molar-refractivity contribution in [3.8, 4) is 16.9 Å². The van der Waals surface area contributed by atoms with Gasteiger partial charge in [0.05, 0.1) is 22.5 Å². The molecule has 6 heteroatoms. The van der Waals surface area contributed by atoms with Crippen molar-refractivity contribution in [3.63, 3.8) is 0 Å². The first-order valence-corrected chi connectivity index (χ1v) is 9.95. The van der Waals surface area contributed by atoms with Crippen molar-refractivity contribution in [1.82, 2.24) is 4.98 Å². The Morgan fingerprint density at radius 3 is 2.48 bits per heavy atom. The maximum atomic E-state index is 14.0. The highest BCUT2D eigenvalue weighted by Crippen LogP contribution is 2.35.